The summed E-state index contributed by atoms with van der Waals surface area (Å²) in [4.78, 5) is 13.2. The highest BCUT2D eigenvalue weighted by atomic mass is 16.7. The molecule has 0 aliphatic carbocycles. The van der Waals surface area contributed by atoms with Gasteiger partial charge in [-0.25, -0.2) is 4.79 Å². The molecule has 0 saturated carbocycles. The Morgan fingerprint density at radius 2 is 2.25 bits per heavy atom. The summed E-state index contributed by atoms with van der Waals surface area (Å²) in [5.74, 6) is -0.711. The molecule has 0 N–H and O–H groups in total. The first-order chi connectivity index (χ1) is 5.83. The summed E-state index contributed by atoms with van der Waals surface area (Å²) < 4.78 is 14.4. The van der Waals surface area contributed by atoms with E-state index in [0.29, 0.717) is 19.4 Å². The van der Waals surface area contributed by atoms with Crippen LogP contribution in [0.15, 0.2) is 0 Å². The zero-order chi connectivity index (χ0) is 8.81. The van der Waals surface area contributed by atoms with Crippen LogP contribution in [0.3, 0.4) is 0 Å². The van der Waals surface area contributed by atoms with Gasteiger partial charge >= 0.3 is 12.2 Å². The fourth-order valence-electron chi connectivity index (χ4n) is 0.776. The summed E-state index contributed by atoms with van der Waals surface area (Å²) in [6, 6.07) is 0. The first-order valence-electron chi connectivity index (χ1n) is 3.36. The Morgan fingerprint density at radius 3 is 2.83 bits per heavy atom. The van der Waals surface area contributed by atoms with E-state index >= 15 is 0 Å². The van der Waals surface area contributed by atoms with Crippen LogP contribution in [0.4, 0.5) is 0 Å². The van der Waals surface area contributed by atoms with Crippen molar-refractivity contribution >= 4 is 12.2 Å². The Bertz CT molecular complexity index is 206. The Balaban J connectivity index is 2.29. The number of carbonyl (C=O) groups is 1. The summed E-state index contributed by atoms with van der Waals surface area (Å²) in [5, 5.41) is 0. The highest BCUT2D eigenvalue weighted by Crippen LogP contribution is 2.00. The van der Waals surface area contributed by atoms with Crippen molar-refractivity contribution in [3.63, 3.8) is 0 Å². The predicted octanol–water partition coefficient (Wildman–Crippen LogP) is -0.797. The van der Waals surface area contributed by atoms with Gasteiger partial charge in [0, 0.05) is 0 Å². The third-order valence-electron chi connectivity index (χ3n) is 1.22. The molecule has 0 spiro atoms. The second kappa shape index (κ2) is 4.61. The number of hydrogen-bond donors (Lipinski definition) is 0. The molecule has 1 saturated heterocycles. The van der Waals surface area contributed by atoms with Gasteiger partial charge in [-0.05, 0) is 0 Å². The Labute approximate surface area is 68.6 Å². The van der Waals surface area contributed by atoms with Gasteiger partial charge < -0.3 is 19.7 Å². The van der Waals surface area contributed by atoms with Gasteiger partial charge in [0.1, 0.15) is 12.9 Å². The molecule has 1 rings (SSSR count). The molecule has 0 bridgehead atoms. The number of hydrogen-bond acceptors (Lipinski definition) is 4. The van der Waals surface area contributed by atoms with E-state index in [1.165, 1.54) is 0 Å². The molecule has 0 aromatic heterocycles. The van der Waals surface area contributed by atoms with Crippen molar-refractivity contribution in [3.8, 4) is 0 Å². The van der Waals surface area contributed by atoms with E-state index in [2.05, 4.69) is 4.79 Å². The molecule has 1 heterocycles. The lowest BCUT2D eigenvalue weighted by molar-refractivity contribution is -0.179. The van der Waals surface area contributed by atoms with Gasteiger partial charge in [-0.15, -0.1) is 0 Å². The zero-order valence-electron chi connectivity index (χ0n) is 6.30. The van der Waals surface area contributed by atoms with Crippen LogP contribution in [-0.2, 0) is 19.0 Å². The lowest BCUT2D eigenvalue weighted by Gasteiger charge is -2.20. The van der Waals surface area contributed by atoms with Crippen LogP contribution in [0.5, 0.6) is 0 Å². The minimum Gasteiger partial charge on any atom is -0.449 e. The van der Waals surface area contributed by atoms with Crippen LogP contribution in [-0.4, -0.2) is 43.1 Å². The quantitative estimate of drug-likeness (QED) is 0.236. The number of esters is 1. The van der Waals surface area contributed by atoms with Crippen LogP contribution in [0.1, 0.15) is 0 Å². The average Bonchev–Trinajstić information content (AvgIpc) is 2.06. The summed E-state index contributed by atoms with van der Waals surface area (Å²) in [7, 11) is 0. The summed E-state index contributed by atoms with van der Waals surface area (Å²) in [6.07, 6.45) is 0.262. The fraction of sp³-hybridized carbons (Fsp3) is 0.667. The van der Waals surface area contributed by atoms with E-state index in [-0.39, 0.29) is 6.79 Å². The van der Waals surface area contributed by atoms with Crippen molar-refractivity contribution < 1.29 is 23.8 Å². The average molecular weight is 172 g/mol. The van der Waals surface area contributed by atoms with Crippen LogP contribution >= 0.6 is 0 Å². The topological polar surface area (TPSA) is 81.2 Å². The zero-order valence-corrected chi connectivity index (χ0v) is 6.30. The summed E-state index contributed by atoms with van der Waals surface area (Å²) >= 11 is 0. The molecule has 1 aliphatic heterocycles. The van der Waals surface area contributed by atoms with E-state index in [9.17, 15) is 4.79 Å². The molecular formula is C6H8N2O4. The molecule has 0 aromatic rings. The van der Waals surface area contributed by atoms with Gasteiger partial charge in [-0.2, -0.15) is 4.79 Å². The molecule has 12 heavy (non-hydrogen) atoms. The first kappa shape index (κ1) is 8.86. The van der Waals surface area contributed by atoms with E-state index in [4.69, 9.17) is 19.7 Å². The second-order valence-electron chi connectivity index (χ2n) is 2.16. The molecule has 1 aliphatic rings. The third kappa shape index (κ3) is 2.79. The van der Waals surface area contributed by atoms with Gasteiger partial charge in [0.15, 0.2) is 0 Å². The number of nitrogens with zero attached hydrogens (tertiary/aromatic N) is 2. The molecule has 1 fully saturated rings. The first-order valence-corrected chi connectivity index (χ1v) is 3.36. The highest BCUT2D eigenvalue weighted by molar-refractivity contribution is 6.20. The van der Waals surface area contributed by atoms with E-state index in [0.717, 1.165) is 0 Å². The van der Waals surface area contributed by atoms with Crippen molar-refractivity contribution in [2.45, 2.75) is 6.10 Å². The van der Waals surface area contributed by atoms with Crippen LogP contribution in [0.2, 0.25) is 0 Å². The van der Waals surface area contributed by atoms with Crippen LogP contribution < -0.4 is 0 Å². The maximum absolute atomic E-state index is 10.7. The van der Waals surface area contributed by atoms with E-state index in [1.54, 1.807) is 0 Å². The van der Waals surface area contributed by atoms with Gasteiger partial charge in [0.05, 0.1) is 13.2 Å². The number of rotatable bonds is 2. The smallest absolute Gasteiger partial charge is 0.414 e. The van der Waals surface area contributed by atoms with E-state index < -0.39 is 12.1 Å². The molecular weight excluding hydrogens is 164 g/mol. The van der Waals surface area contributed by atoms with Crippen LogP contribution in [0, 0.1) is 0 Å². The van der Waals surface area contributed by atoms with Crippen molar-refractivity contribution in [2.75, 3.05) is 20.0 Å². The van der Waals surface area contributed by atoms with Crippen LogP contribution in [0.25, 0.3) is 5.53 Å². The Kier molecular flexibility index (Phi) is 3.40. The molecule has 6 heteroatoms. The normalized spacial score (nSPS) is 18.0. The minimum absolute atomic E-state index is 0.224. The number of ether oxygens (including phenoxy) is 3. The molecule has 0 radical (unpaired) electrons. The summed E-state index contributed by atoms with van der Waals surface area (Å²) in [5.41, 5.74) is 7.97. The van der Waals surface area contributed by atoms with Crippen molar-refractivity contribution in [2.24, 2.45) is 0 Å². The standard InChI is InChI=1S/C6H8N2O4/c7-8-1-6(9)12-5-2-10-4-11-3-5/h1,5H,2-4H2. The van der Waals surface area contributed by atoms with Gasteiger partial charge in [0.2, 0.25) is 0 Å². The maximum atomic E-state index is 10.7. The van der Waals surface area contributed by atoms with Gasteiger partial charge in [-0.1, -0.05) is 0 Å². The fourth-order valence-corrected chi connectivity index (χ4v) is 0.776. The third-order valence-corrected chi connectivity index (χ3v) is 1.22. The highest BCUT2D eigenvalue weighted by Gasteiger charge is 2.19. The van der Waals surface area contributed by atoms with E-state index in [1.807, 2.05) is 0 Å². The van der Waals surface area contributed by atoms with Crippen molar-refractivity contribution in [3.05, 3.63) is 5.53 Å². The Morgan fingerprint density at radius 1 is 1.58 bits per heavy atom. The lowest BCUT2D eigenvalue weighted by Crippen LogP contribution is -2.33. The van der Waals surface area contributed by atoms with Crippen molar-refractivity contribution in [1.29, 1.82) is 0 Å². The number of carbonyl (C=O) groups excluding carboxylic acids is 1. The molecule has 66 valence electrons. The molecule has 0 amide bonds. The van der Waals surface area contributed by atoms with Gasteiger partial charge in [-0.3, -0.25) is 0 Å². The summed E-state index contributed by atoms with van der Waals surface area (Å²) in [6.45, 7) is 0.845. The molecule has 0 atom stereocenters. The SMILES string of the molecule is [N-]=[N+]=CC(=O)OC1COCOC1. The molecule has 0 unspecified atom stereocenters. The maximum Gasteiger partial charge on any atom is 0.414 e. The van der Waals surface area contributed by atoms with Gasteiger partial charge in [0.25, 0.3) is 0 Å². The Hall–Kier alpha value is -1.23. The van der Waals surface area contributed by atoms with Crippen molar-refractivity contribution in [1.82, 2.24) is 0 Å². The second-order valence-corrected chi connectivity index (χ2v) is 2.16. The molecule has 0 aromatic carbocycles. The molecule has 6 nitrogen and oxygen atoms in total. The minimum atomic E-state index is -0.711. The predicted molar refractivity (Wildman–Crippen MR) is 36.3 cm³/mol. The largest absolute Gasteiger partial charge is 0.449 e. The lowest BCUT2D eigenvalue weighted by atomic mass is 10.4. The monoisotopic (exact) mass is 172 g/mol.